The highest BCUT2D eigenvalue weighted by molar-refractivity contribution is 6.46. The second kappa shape index (κ2) is 10.4. The number of halogens is 1. The summed E-state index contributed by atoms with van der Waals surface area (Å²) >= 11 is 6.31. The molecule has 1 amide bonds. The number of carbonyl (C=O) groups excluding carboxylic acids is 2. The third-order valence-electron chi connectivity index (χ3n) is 5.75. The Morgan fingerprint density at radius 1 is 1.15 bits per heavy atom. The first kappa shape index (κ1) is 24.8. The van der Waals surface area contributed by atoms with Crippen molar-refractivity contribution in [3.63, 3.8) is 0 Å². The minimum atomic E-state index is -0.700. The van der Waals surface area contributed by atoms with Crippen molar-refractivity contribution in [2.75, 3.05) is 33.8 Å². The number of likely N-dealkylation sites (N-methyl/N-ethyl adjacent to an activating group) is 1. The average molecular weight is 471 g/mol. The number of nitrogens with zero attached hydrogens (tertiary/aromatic N) is 2. The van der Waals surface area contributed by atoms with E-state index in [2.05, 4.69) is 13.8 Å². The summed E-state index contributed by atoms with van der Waals surface area (Å²) in [5.41, 5.74) is 2.35. The molecule has 0 aliphatic carbocycles. The Labute approximate surface area is 200 Å². The van der Waals surface area contributed by atoms with Gasteiger partial charge in [0.2, 0.25) is 0 Å². The molecule has 2 aromatic carbocycles. The van der Waals surface area contributed by atoms with Gasteiger partial charge in [0, 0.05) is 18.7 Å². The Morgan fingerprint density at radius 3 is 2.36 bits per heavy atom. The molecular formula is C26H31ClN2O4. The van der Waals surface area contributed by atoms with Crippen LogP contribution in [0.15, 0.2) is 48.0 Å². The van der Waals surface area contributed by atoms with Crippen LogP contribution in [0, 0.1) is 0 Å². The van der Waals surface area contributed by atoms with Gasteiger partial charge in [-0.15, -0.1) is 0 Å². The molecule has 176 valence electrons. The maximum Gasteiger partial charge on any atom is 0.295 e. The molecule has 0 bridgehead atoms. The van der Waals surface area contributed by atoms with Crippen molar-refractivity contribution in [3.8, 4) is 5.75 Å². The Bertz CT molecular complexity index is 1060. The monoisotopic (exact) mass is 470 g/mol. The van der Waals surface area contributed by atoms with Gasteiger partial charge in [-0.1, -0.05) is 49.7 Å². The minimum Gasteiger partial charge on any atom is -0.507 e. The van der Waals surface area contributed by atoms with E-state index in [0.717, 1.165) is 11.1 Å². The van der Waals surface area contributed by atoms with Crippen LogP contribution in [-0.2, 0) is 9.59 Å². The molecule has 0 saturated carbocycles. The number of benzene rings is 2. The third-order valence-corrected chi connectivity index (χ3v) is 6.05. The predicted molar refractivity (Wildman–Crippen MR) is 131 cm³/mol. The van der Waals surface area contributed by atoms with Gasteiger partial charge in [-0.05, 0) is 56.3 Å². The van der Waals surface area contributed by atoms with Gasteiger partial charge in [0.15, 0.2) is 0 Å². The van der Waals surface area contributed by atoms with Crippen molar-refractivity contribution in [2.45, 2.75) is 32.7 Å². The van der Waals surface area contributed by atoms with Gasteiger partial charge in [0.25, 0.3) is 11.7 Å². The summed E-state index contributed by atoms with van der Waals surface area (Å²) in [6.45, 7) is 7.46. The lowest BCUT2D eigenvalue weighted by Crippen LogP contribution is -2.35. The highest BCUT2D eigenvalue weighted by atomic mass is 35.5. The zero-order valence-corrected chi connectivity index (χ0v) is 20.5. The molecule has 1 atom stereocenters. The summed E-state index contributed by atoms with van der Waals surface area (Å²) in [7, 11) is 3.82. The normalized spacial score (nSPS) is 17.9. The van der Waals surface area contributed by atoms with E-state index < -0.39 is 17.7 Å². The summed E-state index contributed by atoms with van der Waals surface area (Å²) in [6, 6.07) is 12.0. The van der Waals surface area contributed by atoms with Crippen molar-refractivity contribution < 1.29 is 19.4 Å². The fourth-order valence-corrected chi connectivity index (χ4v) is 4.14. The van der Waals surface area contributed by atoms with Crippen LogP contribution >= 0.6 is 11.6 Å². The Balaban J connectivity index is 2.12. The zero-order valence-electron chi connectivity index (χ0n) is 19.8. The maximum absolute atomic E-state index is 13.1. The van der Waals surface area contributed by atoms with Gasteiger partial charge >= 0.3 is 0 Å². The molecule has 1 fully saturated rings. The van der Waals surface area contributed by atoms with Gasteiger partial charge in [-0.3, -0.25) is 9.59 Å². The maximum atomic E-state index is 13.1. The fraction of sp³-hybridized carbons (Fsp3) is 0.385. The number of ether oxygens (including phenoxy) is 1. The van der Waals surface area contributed by atoms with Crippen LogP contribution in [0.2, 0.25) is 5.02 Å². The van der Waals surface area contributed by atoms with Gasteiger partial charge in [-0.2, -0.15) is 0 Å². The second-order valence-corrected chi connectivity index (χ2v) is 9.10. The van der Waals surface area contributed by atoms with Crippen LogP contribution in [0.4, 0.5) is 0 Å². The molecule has 0 spiro atoms. The SMILES string of the molecule is CCOc1ccc(C(O)=C2C(=O)C(=O)N(CCN(C)C)[C@@H]2c2ccc(C(C)C)cc2)cc1Cl. The van der Waals surface area contributed by atoms with Crippen molar-refractivity contribution in [2.24, 2.45) is 0 Å². The number of ketones is 1. The lowest BCUT2D eigenvalue weighted by atomic mass is 9.93. The Hall–Kier alpha value is -2.83. The number of aliphatic hydroxyl groups excluding tert-OH is 1. The number of aliphatic hydroxyl groups is 1. The number of carbonyl (C=O) groups is 2. The van der Waals surface area contributed by atoms with E-state index in [4.69, 9.17) is 16.3 Å². The number of hydrogen-bond acceptors (Lipinski definition) is 5. The first-order valence-corrected chi connectivity index (χ1v) is 11.5. The molecule has 33 heavy (non-hydrogen) atoms. The number of Topliss-reactive ketones (excluding diaryl/α,β-unsaturated/α-hetero) is 1. The fourth-order valence-electron chi connectivity index (χ4n) is 3.90. The predicted octanol–water partition coefficient (Wildman–Crippen LogP) is 4.85. The summed E-state index contributed by atoms with van der Waals surface area (Å²) in [5, 5.41) is 11.5. The van der Waals surface area contributed by atoms with Crippen molar-refractivity contribution in [3.05, 3.63) is 69.8 Å². The van der Waals surface area contributed by atoms with Crippen LogP contribution in [0.5, 0.6) is 5.75 Å². The molecule has 1 aliphatic rings. The topological polar surface area (TPSA) is 70.1 Å². The van der Waals surface area contributed by atoms with E-state index >= 15 is 0 Å². The van der Waals surface area contributed by atoms with E-state index in [1.807, 2.05) is 50.2 Å². The number of likely N-dealkylation sites (tertiary alicyclic amines) is 1. The quantitative estimate of drug-likeness (QED) is 0.339. The molecule has 0 unspecified atom stereocenters. The zero-order chi connectivity index (χ0) is 24.3. The standard InChI is InChI=1S/C26H31ClN2O4/c1-6-33-21-12-11-19(15-20(21)27)24(30)22-23(18-9-7-17(8-10-18)16(2)3)29(14-13-28(4)5)26(32)25(22)31/h7-12,15-16,23,30H,6,13-14H2,1-5H3/t23-/m1/s1. The molecule has 1 aliphatic heterocycles. The minimum absolute atomic E-state index is 0.0660. The number of hydrogen-bond donors (Lipinski definition) is 1. The summed E-state index contributed by atoms with van der Waals surface area (Å²) < 4.78 is 5.46. The Kier molecular flexibility index (Phi) is 7.82. The van der Waals surface area contributed by atoms with Gasteiger partial charge in [-0.25, -0.2) is 0 Å². The second-order valence-electron chi connectivity index (χ2n) is 8.70. The van der Waals surface area contributed by atoms with Crippen LogP contribution in [0.1, 0.15) is 49.4 Å². The number of amides is 1. The highest BCUT2D eigenvalue weighted by Crippen LogP contribution is 2.40. The first-order chi connectivity index (χ1) is 15.6. The highest BCUT2D eigenvalue weighted by Gasteiger charge is 2.45. The van der Waals surface area contributed by atoms with E-state index in [-0.39, 0.29) is 11.3 Å². The van der Waals surface area contributed by atoms with E-state index in [1.54, 1.807) is 18.2 Å². The molecule has 0 radical (unpaired) electrons. The lowest BCUT2D eigenvalue weighted by molar-refractivity contribution is -0.140. The first-order valence-electron chi connectivity index (χ1n) is 11.1. The molecule has 1 N–H and O–H groups in total. The largest absolute Gasteiger partial charge is 0.507 e. The van der Waals surface area contributed by atoms with Crippen LogP contribution in [-0.4, -0.2) is 60.4 Å². The number of rotatable bonds is 8. The van der Waals surface area contributed by atoms with Crippen molar-refractivity contribution >= 4 is 29.1 Å². The molecular weight excluding hydrogens is 440 g/mol. The lowest BCUT2D eigenvalue weighted by Gasteiger charge is -2.27. The van der Waals surface area contributed by atoms with Gasteiger partial charge < -0.3 is 19.6 Å². The summed E-state index contributed by atoms with van der Waals surface area (Å²) in [6.07, 6.45) is 0. The van der Waals surface area contributed by atoms with Gasteiger partial charge in [0.1, 0.15) is 11.5 Å². The molecule has 7 heteroatoms. The van der Waals surface area contributed by atoms with Crippen LogP contribution < -0.4 is 4.74 Å². The Morgan fingerprint density at radius 2 is 1.82 bits per heavy atom. The van der Waals surface area contributed by atoms with E-state index in [0.29, 0.717) is 41.9 Å². The molecule has 0 aromatic heterocycles. The molecule has 2 aromatic rings. The smallest absolute Gasteiger partial charge is 0.295 e. The van der Waals surface area contributed by atoms with E-state index in [9.17, 15) is 14.7 Å². The van der Waals surface area contributed by atoms with Crippen LogP contribution in [0.3, 0.4) is 0 Å². The summed E-state index contributed by atoms with van der Waals surface area (Å²) in [4.78, 5) is 29.6. The average Bonchev–Trinajstić information content (AvgIpc) is 3.03. The molecule has 1 saturated heterocycles. The van der Waals surface area contributed by atoms with Gasteiger partial charge in [0.05, 0.1) is 23.2 Å². The molecule has 3 rings (SSSR count). The molecule has 6 nitrogen and oxygen atoms in total. The third kappa shape index (κ3) is 5.23. The van der Waals surface area contributed by atoms with Crippen molar-refractivity contribution in [1.82, 2.24) is 9.80 Å². The summed E-state index contributed by atoms with van der Waals surface area (Å²) in [5.74, 6) is -0.723. The van der Waals surface area contributed by atoms with Crippen LogP contribution in [0.25, 0.3) is 5.76 Å². The molecule has 1 heterocycles. The van der Waals surface area contributed by atoms with E-state index in [1.165, 1.54) is 4.90 Å². The van der Waals surface area contributed by atoms with Crippen molar-refractivity contribution in [1.29, 1.82) is 0 Å².